The summed E-state index contributed by atoms with van der Waals surface area (Å²) in [5.74, 6) is 1.48. The molecule has 1 aliphatic carbocycles. The monoisotopic (exact) mass is 405 g/mol. The van der Waals surface area contributed by atoms with Crippen LogP contribution in [0.1, 0.15) is 37.4 Å². The summed E-state index contributed by atoms with van der Waals surface area (Å²) in [7, 11) is 0. The molecule has 0 amide bonds. The number of rotatable bonds is 7. The van der Waals surface area contributed by atoms with Gasteiger partial charge in [0.25, 0.3) is 5.89 Å². The van der Waals surface area contributed by atoms with Crippen molar-refractivity contribution in [2.75, 3.05) is 13.2 Å². The second-order valence-corrected chi connectivity index (χ2v) is 7.65. The van der Waals surface area contributed by atoms with Crippen molar-refractivity contribution < 1.29 is 19.7 Å². The van der Waals surface area contributed by atoms with Crippen molar-refractivity contribution in [1.29, 1.82) is 0 Å². The Morgan fingerprint density at radius 2 is 2.20 bits per heavy atom. The Balaban J connectivity index is 1.63. The molecule has 7 heteroatoms. The van der Waals surface area contributed by atoms with Gasteiger partial charge in [0, 0.05) is 23.1 Å². The number of nitrogens with zero attached hydrogens (tertiary/aromatic N) is 3. The molecular formula is C23H25N4O3+. The Morgan fingerprint density at radius 1 is 1.33 bits per heavy atom. The van der Waals surface area contributed by atoms with Crippen LogP contribution in [0.4, 0.5) is 5.69 Å². The molecule has 30 heavy (non-hydrogen) atoms. The van der Waals surface area contributed by atoms with Crippen LogP contribution < -0.4 is 10.1 Å². The van der Waals surface area contributed by atoms with E-state index in [0.717, 1.165) is 18.4 Å². The molecule has 2 aromatic carbocycles. The summed E-state index contributed by atoms with van der Waals surface area (Å²) in [6.45, 7) is 12.2. The molecule has 1 heterocycles. The van der Waals surface area contributed by atoms with Crippen molar-refractivity contribution in [3.63, 3.8) is 0 Å². The number of hydrogen-bond donors (Lipinski definition) is 2. The predicted octanol–water partition coefficient (Wildman–Crippen LogP) is 3.28. The van der Waals surface area contributed by atoms with Crippen LogP contribution in [-0.2, 0) is 6.42 Å². The van der Waals surface area contributed by atoms with Gasteiger partial charge in [0.1, 0.15) is 11.8 Å². The molecule has 0 aliphatic heterocycles. The maximum atomic E-state index is 9.13. The smallest absolute Gasteiger partial charge is 0.256 e. The summed E-state index contributed by atoms with van der Waals surface area (Å²) in [6.07, 6.45) is 1.97. The topological polar surface area (TPSA) is 89.4 Å². The maximum absolute atomic E-state index is 9.13. The van der Waals surface area contributed by atoms with Crippen LogP contribution in [0.2, 0.25) is 0 Å². The first kappa shape index (κ1) is 20.1. The van der Waals surface area contributed by atoms with Crippen molar-refractivity contribution in [2.45, 2.75) is 38.8 Å². The van der Waals surface area contributed by atoms with E-state index in [2.05, 4.69) is 26.4 Å². The second-order valence-electron chi connectivity index (χ2n) is 7.65. The Kier molecular flexibility index (Phi) is 5.79. The molecule has 0 fully saturated rings. The molecule has 1 atom stereocenters. The Labute approximate surface area is 175 Å². The number of aromatic nitrogens is 2. The van der Waals surface area contributed by atoms with Gasteiger partial charge in [0.05, 0.1) is 25.8 Å². The minimum Gasteiger partial charge on any atom is -0.502 e. The molecule has 1 aliphatic rings. The summed E-state index contributed by atoms with van der Waals surface area (Å²) < 4.78 is 11.2. The number of quaternary nitrogens is 1. The van der Waals surface area contributed by atoms with E-state index in [4.69, 9.17) is 20.9 Å². The third kappa shape index (κ3) is 3.92. The van der Waals surface area contributed by atoms with E-state index in [1.165, 1.54) is 11.1 Å². The van der Waals surface area contributed by atoms with Gasteiger partial charge >= 0.3 is 0 Å². The fourth-order valence-corrected chi connectivity index (χ4v) is 3.96. The third-order valence-electron chi connectivity index (χ3n) is 5.25. The SMILES string of the molecule is [C-]#[N+]c1cc(-c2nc(-c3cccc4c3CC[C@@H]4[NH2+]CCO)no2)ccc1OC(C)C. The first-order chi connectivity index (χ1) is 14.6. The first-order valence-electron chi connectivity index (χ1n) is 10.2. The number of fused-ring (bicyclic) bond motifs is 1. The maximum Gasteiger partial charge on any atom is 0.256 e. The van der Waals surface area contributed by atoms with Crippen LogP contribution in [0.5, 0.6) is 5.75 Å². The molecule has 3 aromatic rings. The minimum atomic E-state index is -0.00928. The van der Waals surface area contributed by atoms with Crippen molar-refractivity contribution in [1.82, 2.24) is 10.1 Å². The third-order valence-corrected chi connectivity index (χ3v) is 5.25. The molecule has 0 unspecified atom stereocenters. The van der Waals surface area contributed by atoms with Gasteiger partial charge in [-0.05, 0) is 44.0 Å². The van der Waals surface area contributed by atoms with Crippen molar-refractivity contribution >= 4 is 5.69 Å². The van der Waals surface area contributed by atoms with E-state index in [0.29, 0.717) is 41.3 Å². The molecule has 0 saturated carbocycles. The lowest BCUT2D eigenvalue weighted by Gasteiger charge is -2.11. The number of benzene rings is 2. The van der Waals surface area contributed by atoms with Crippen molar-refractivity contribution in [3.05, 3.63) is 58.9 Å². The Bertz CT molecular complexity index is 1080. The fourth-order valence-electron chi connectivity index (χ4n) is 3.96. The quantitative estimate of drug-likeness (QED) is 0.589. The molecule has 0 saturated heterocycles. The fraction of sp³-hybridized carbons (Fsp3) is 0.348. The van der Waals surface area contributed by atoms with Gasteiger partial charge < -0.3 is 19.7 Å². The predicted molar refractivity (Wildman–Crippen MR) is 112 cm³/mol. The lowest BCUT2D eigenvalue weighted by molar-refractivity contribution is -0.696. The summed E-state index contributed by atoms with van der Waals surface area (Å²) in [6, 6.07) is 11.9. The first-order valence-corrected chi connectivity index (χ1v) is 10.2. The number of aliphatic hydroxyl groups is 1. The highest BCUT2D eigenvalue weighted by molar-refractivity contribution is 5.70. The average molecular weight is 405 g/mol. The van der Waals surface area contributed by atoms with E-state index in [1.807, 2.05) is 32.0 Å². The van der Waals surface area contributed by atoms with Gasteiger partial charge in [-0.15, -0.1) is 0 Å². The highest BCUT2D eigenvalue weighted by Gasteiger charge is 2.28. The van der Waals surface area contributed by atoms with Crippen LogP contribution in [0, 0.1) is 6.57 Å². The summed E-state index contributed by atoms with van der Waals surface area (Å²) in [5, 5.41) is 15.5. The van der Waals surface area contributed by atoms with Crippen LogP contribution >= 0.6 is 0 Å². The number of ether oxygens (including phenoxy) is 1. The molecule has 0 bridgehead atoms. The zero-order chi connectivity index (χ0) is 21.1. The minimum absolute atomic E-state index is 0.00928. The molecular weight excluding hydrogens is 380 g/mol. The normalized spacial score (nSPS) is 15.2. The molecule has 0 spiro atoms. The molecule has 0 radical (unpaired) electrons. The number of aliphatic hydroxyl groups excluding tert-OH is 1. The summed E-state index contributed by atoms with van der Waals surface area (Å²) >= 11 is 0. The molecule has 7 nitrogen and oxygen atoms in total. The lowest BCUT2D eigenvalue weighted by Crippen LogP contribution is -2.85. The highest BCUT2D eigenvalue weighted by atomic mass is 16.5. The van der Waals surface area contributed by atoms with E-state index >= 15 is 0 Å². The van der Waals surface area contributed by atoms with Crippen molar-refractivity contribution in [3.8, 4) is 28.6 Å². The zero-order valence-corrected chi connectivity index (χ0v) is 17.1. The van der Waals surface area contributed by atoms with Crippen LogP contribution in [0.3, 0.4) is 0 Å². The number of nitrogens with two attached hydrogens (primary N) is 1. The van der Waals surface area contributed by atoms with E-state index in [9.17, 15) is 0 Å². The van der Waals surface area contributed by atoms with Gasteiger partial charge in [-0.2, -0.15) is 4.98 Å². The van der Waals surface area contributed by atoms with Gasteiger partial charge in [0.15, 0.2) is 0 Å². The highest BCUT2D eigenvalue weighted by Crippen LogP contribution is 2.37. The van der Waals surface area contributed by atoms with Crippen LogP contribution in [0.15, 0.2) is 40.9 Å². The lowest BCUT2D eigenvalue weighted by atomic mass is 10.0. The summed E-state index contributed by atoms with van der Waals surface area (Å²) in [5.41, 5.74) is 4.61. The van der Waals surface area contributed by atoms with E-state index < -0.39 is 0 Å². The van der Waals surface area contributed by atoms with Crippen molar-refractivity contribution in [2.24, 2.45) is 0 Å². The van der Waals surface area contributed by atoms with Gasteiger partial charge in [-0.3, -0.25) is 0 Å². The standard InChI is InChI=1S/C23H24N4O3/c1-14(2)29-21-10-7-15(13-20(21)24-3)23-26-22(27-30-23)18-6-4-5-17-16(18)8-9-19(17)25-11-12-28/h4-7,10,13-14,19,25,28H,8-9,11-12H2,1-2H3/p+1/t19-/m0/s1. The van der Waals surface area contributed by atoms with Gasteiger partial charge in [-0.25, -0.2) is 4.85 Å². The molecule has 1 aromatic heterocycles. The number of hydrogen-bond acceptors (Lipinski definition) is 5. The van der Waals surface area contributed by atoms with Crippen LogP contribution in [-0.4, -0.2) is 34.5 Å². The average Bonchev–Trinajstić information content (AvgIpc) is 3.39. The Morgan fingerprint density at radius 3 is 2.97 bits per heavy atom. The van der Waals surface area contributed by atoms with Gasteiger partial charge in [-0.1, -0.05) is 23.4 Å². The van der Waals surface area contributed by atoms with Gasteiger partial charge in [0.2, 0.25) is 11.5 Å². The Hall–Kier alpha value is -3.21. The van der Waals surface area contributed by atoms with E-state index in [-0.39, 0.29) is 12.7 Å². The van der Waals surface area contributed by atoms with E-state index in [1.54, 1.807) is 12.1 Å². The largest absolute Gasteiger partial charge is 0.502 e. The molecule has 3 N–H and O–H groups in total. The molecule has 4 rings (SSSR count). The summed E-state index contributed by atoms with van der Waals surface area (Å²) in [4.78, 5) is 8.18. The molecule has 154 valence electrons. The van der Waals surface area contributed by atoms with Crippen LogP contribution in [0.25, 0.3) is 27.7 Å². The second kappa shape index (κ2) is 8.66. The zero-order valence-electron chi connectivity index (χ0n) is 17.1.